The zero-order valence-electron chi connectivity index (χ0n) is 13.4. The first kappa shape index (κ1) is 16.0. The number of furan rings is 1. The zero-order chi connectivity index (χ0) is 15.3. The highest BCUT2D eigenvalue weighted by atomic mass is 16.5. The summed E-state index contributed by atoms with van der Waals surface area (Å²) in [7, 11) is 1.93. The van der Waals surface area contributed by atoms with E-state index in [1.165, 1.54) is 5.56 Å². The SMILES string of the molecule is CNCc1c(COCCOC(C)(C)C)oc2ccccc12. The van der Waals surface area contributed by atoms with E-state index in [1.54, 1.807) is 0 Å². The maximum absolute atomic E-state index is 5.89. The summed E-state index contributed by atoms with van der Waals surface area (Å²) in [5.74, 6) is 0.890. The van der Waals surface area contributed by atoms with Gasteiger partial charge in [-0.1, -0.05) is 18.2 Å². The van der Waals surface area contributed by atoms with Crippen molar-refractivity contribution >= 4 is 11.0 Å². The summed E-state index contributed by atoms with van der Waals surface area (Å²) in [6.45, 7) is 8.51. The molecule has 0 bridgehead atoms. The van der Waals surface area contributed by atoms with Crippen LogP contribution in [-0.4, -0.2) is 25.9 Å². The van der Waals surface area contributed by atoms with Gasteiger partial charge in [0.05, 0.1) is 18.8 Å². The van der Waals surface area contributed by atoms with Crippen LogP contribution >= 0.6 is 0 Å². The number of para-hydroxylation sites is 1. The highest BCUT2D eigenvalue weighted by Crippen LogP contribution is 2.26. The van der Waals surface area contributed by atoms with Gasteiger partial charge in [-0.3, -0.25) is 0 Å². The van der Waals surface area contributed by atoms with Gasteiger partial charge >= 0.3 is 0 Å². The van der Waals surface area contributed by atoms with Gasteiger partial charge < -0.3 is 19.2 Å². The minimum absolute atomic E-state index is 0.125. The van der Waals surface area contributed by atoms with Crippen molar-refractivity contribution in [3.63, 3.8) is 0 Å². The first-order chi connectivity index (χ1) is 10.0. The first-order valence-corrected chi connectivity index (χ1v) is 7.37. The van der Waals surface area contributed by atoms with Crippen LogP contribution in [0, 0.1) is 0 Å². The molecule has 2 rings (SSSR count). The Kier molecular flexibility index (Phi) is 5.39. The van der Waals surface area contributed by atoms with Gasteiger partial charge in [-0.05, 0) is 33.9 Å². The molecule has 0 fully saturated rings. The first-order valence-electron chi connectivity index (χ1n) is 7.37. The third kappa shape index (κ3) is 4.56. The van der Waals surface area contributed by atoms with Gasteiger partial charge in [0.15, 0.2) is 0 Å². The minimum Gasteiger partial charge on any atom is -0.458 e. The van der Waals surface area contributed by atoms with Crippen LogP contribution in [0.3, 0.4) is 0 Å². The zero-order valence-corrected chi connectivity index (χ0v) is 13.4. The molecule has 0 atom stereocenters. The molecule has 1 aromatic carbocycles. The second-order valence-corrected chi connectivity index (χ2v) is 6.04. The number of nitrogens with one attached hydrogen (secondary N) is 1. The molecule has 0 spiro atoms. The fourth-order valence-corrected chi connectivity index (χ4v) is 2.21. The van der Waals surface area contributed by atoms with Crippen LogP contribution in [0.1, 0.15) is 32.1 Å². The molecular weight excluding hydrogens is 266 g/mol. The Morgan fingerprint density at radius 2 is 1.90 bits per heavy atom. The molecule has 0 saturated carbocycles. The molecule has 0 unspecified atom stereocenters. The lowest BCUT2D eigenvalue weighted by molar-refractivity contribution is -0.0394. The maximum atomic E-state index is 5.89. The molecule has 1 aromatic heterocycles. The van der Waals surface area contributed by atoms with Gasteiger partial charge in [-0.25, -0.2) is 0 Å². The Labute approximate surface area is 126 Å². The van der Waals surface area contributed by atoms with E-state index >= 15 is 0 Å². The van der Waals surface area contributed by atoms with E-state index in [-0.39, 0.29) is 5.60 Å². The smallest absolute Gasteiger partial charge is 0.135 e. The minimum atomic E-state index is -0.125. The van der Waals surface area contributed by atoms with E-state index in [0.29, 0.717) is 19.8 Å². The van der Waals surface area contributed by atoms with Crippen molar-refractivity contribution in [1.29, 1.82) is 0 Å². The third-order valence-corrected chi connectivity index (χ3v) is 3.13. The second-order valence-electron chi connectivity index (χ2n) is 6.04. The normalized spacial score (nSPS) is 12.2. The van der Waals surface area contributed by atoms with Gasteiger partial charge in [0.1, 0.15) is 18.0 Å². The van der Waals surface area contributed by atoms with Crippen LogP contribution in [-0.2, 0) is 22.6 Å². The molecule has 4 heteroatoms. The topological polar surface area (TPSA) is 43.6 Å². The van der Waals surface area contributed by atoms with Crippen molar-refractivity contribution < 1.29 is 13.9 Å². The van der Waals surface area contributed by atoms with E-state index < -0.39 is 0 Å². The van der Waals surface area contributed by atoms with Crippen molar-refractivity contribution in [1.82, 2.24) is 5.32 Å². The number of ether oxygens (including phenoxy) is 2. The lowest BCUT2D eigenvalue weighted by Crippen LogP contribution is -2.21. The van der Waals surface area contributed by atoms with E-state index in [0.717, 1.165) is 23.3 Å². The number of benzene rings is 1. The largest absolute Gasteiger partial charge is 0.458 e. The van der Waals surface area contributed by atoms with Gasteiger partial charge in [0.25, 0.3) is 0 Å². The maximum Gasteiger partial charge on any atom is 0.135 e. The van der Waals surface area contributed by atoms with E-state index in [2.05, 4.69) is 11.4 Å². The molecule has 21 heavy (non-hydrogen) atoms. The summed E-state index contributed by atoms with van der Waals surface area (Å²) >= 11 is 0. The molecule has 0 aliphatic carbocycles. The summed E-state index contributed by atoms with van der Waals surface area (Å²) in [6.07, 6.45) is 0. The average Bonchev–Trinajstić information content (AvgIpc) is 2.76. The van der Waals surface area contributed by atoms with Crippen molar-refractivity contribution in [2.75, 3.05) is 20.3 Å². The Bertz CT molecular complexity index is 569. The molecular formula is C17H25NO3. The number of hydrogen-bond donors (Lipinski definition) is 1. The van der Waals surface area contributed by atoms with Crippen LogP contribution in [0.25, 0.3) is 11.0 Å². The molecule has 1 heterocycles. The fourth-order valence-electron chi connectivity index (χ4n) is 2.21. The standard InChI is InChI=1S/C17H25NO3/c1-17(2,3)20-10-9-19-12-16-14(11-18-4)13-7-5-6-8-15(13)21-16/h5-8,18H,9-12H2,1-4H3. The molecule has 1 N–H and O–H groups in total. The fraction of sp³-hybridized carbons (Fsp3) is 0.529. The summed E-state index contributed by atoms with van der Waals surface area (Å²) in [5, 5.41) is 4.33. The molecule has 116 valence electrons. The van der Waals surface area contributed by atoms with Gasteiger partial charge in [-0.2, -0.15) is 0 Å². The lowest BCUT2D eigenvalue weighted by atomic mass is 10.1. The number of hydrogen-bond acceptors (Lipinski definition) is 4. The van der Waals surface area contributed by atoms with Crippen LogP contribution in [0.4, 0.5) is 0 Å². The second kappa shape index (κ2) is 7.07. The van der Waals surface area contributed by atoms with Crippen molar-refractivity contribution in [2.45, 2.75) is 39.5 Å². The molecule has 0 aliphatic rings. The summed E-state index contributed by atoms with van der Waals surface area (Å²) in [5.41, 5.74) is 1.96. The van der Waals surface area contributed by atoms with Gasteiger partial charge in [0, 0.05) is 17.5 Å². The lowest BCUT2D eigenvalue weighted by Gasteiger charge is -2.19. The molecule has 0 amide bonds. The molecule has 4 nitrogen and oxygen atoms in total. The van der Waals surface area contributed by atoms with Crippen LogP contribution in [0.2, 0.25) is 0 Å². The predicted molar refractivity (Wildman–Crippen MR) is 84.3 cm³/mol. The average molecular weight is 291 g/mol. The summed E-state index contributed by atoms with van der Waals surface area (Å²) < 4.78 is 17.2. The quantitative estimate of drug-likeness (QED) is 0.793. The Balaban J connectivity index is 1.96. The van der Waals surface area contributed by atoms with E-state index in [1.807, 2.05) is 46.0 Å². The van der Waals surface area contributed by atoms with Crippen molar-refractivity contribution in [3.8, 4) is 0 Å². The summed E-state index contributed by atoms with van der Waals surface area (Å²) in [6, 6.07) is 8.08. The molecule has 2 aromatic rings. The van der Waals surface area contributed by atoms with Crippen molar-refractivity contribution in [2.24, 2.45) is 0 Å². The molecule has 0 radical (unpaired) electrons. The van der Waals surface area contributed by atoms with Crippen LogP contribution < -0.4 is 5.32 Å². The monoisotopic (exact) mass is 291 g/mol. The third-order valence-electron chi connectivity index (χ3n) is 3.13. The Morgan fingerprint density at radius 1 is 1.14 bits per heavy atom. The van der Waals surface area contributed by atoms with Crippen molar-refractivity contribution in [3.05, 3.63) is 35.6 Å². The van der Waals surface area contributed by atoms with Gasteiger partial charge in [-0.15, -0.1) is 0 Å². The number of fused-ring (bicyclic) bond motifs is 1. The molecule has 0 saturated heterocycles. The molecule has 0 aliphatic heterocycles. The highest BCUT2D eigenvalue weighted by Gasteiger charge is 2.13. The Morgan fingerprint density at radius 3 is 2.62 bits per heavy atom. The predicted octanol–water partition coefficient (Wildman–Crippen LogP) is 3.48. The van der Waals surface area contributed by atoms with Gasteiger partial charge in [0.2, 0.25) is 0 Å². The van der Waals surface area contributed by atoms with E-state index in [4.69, 9.17) is 13.9 Å². The highest BCUT2D eigenvalue weighted by molar-refractivity contribution is 5.82. The number of rotatable bonds is 7. The Hall–Kier alpha value is -1.36. The van der Waals surface area contributed by atoms with E-state index in [9.17, 15) is 0 Å². The van der Waals surface area contributed by atoms with Crippen LogP contribution in [0.5, 0.6) is 0 Å². The summed E-state index contributed by atoms with van der Waals surface area (Å²) in [4.78, 5) is 0. The van der Waals surface area contributed by atoms with Crippen LogP contribution in [0.15, 0.2) is 28.7 Å².